The minimum absolute atomic E-state index is 0.126. The van der Waals surface area contributed by atoms with Crippen LogP contribution in [0, 0.1) is 0 Å². The highest BCUT2D eigenvalue weighted by molar-refractivity contribution is 5.22. The van der Waals surface area contributed by atoms with Gasteiger partial charge in [0.2, 0.25) is 0 Å². The fourth-order valence-electron chi connectivity index (χ4n) is 2.68. The molecule has 0 spiro atoms. The summed E-state index contributed by atoms with van der Waals surface area (Å²) in [5, 5.41) is 3.21. The Labute approximate surface area is 111 Å². The lowest BCUT2D eigenvalue weighted by atomic mass is 10.1. The summed E-state index contributed by atoms with van der Waals surface area (Å²) < 4.78 is 39.7. The molecule has 6 heteroatoms. The predicted octanol–water partition coefficient (Wildman–Crippen LogP) is 3.17. The molecule has 1 aromatic heterocycles. The number of fused-ring (bicyclic) bond motifs is 1. The SMILES string of the molecule is CC(C)c1nc2c(n1C(C)CC(F)(F)F)CCNC2. The average Bonchev–Trinajstić information content (AvgIpc) is 2.65. The van der Waals surface area contributed by atoms with Crippen LogP contribution in [-0.2, 0) is 13.0 Å². The molecule has 2 heterocycles. The molecule has 0 fully saturated rings. The van der Waals surface area contributed by atoms with Crippen LogP contribution in [0.2, 0.25) is 0 Å². The van der Waals surface area contributed by atoms with E-state index in [1.165, 1.54) is 0 Å². The third kappa shape index (κ3) is 3.11. The van der Waals surface area contributed by atoms with Gasteiger partial charge < -0.3 is 9.88 Å². The Hall–Kier alpha value is -1.04. The lowest BCUT2D eigenvalue weighted by molar-refractivity contribution is -0.141. The van der Waals surface area contributed by atoms with E-state index in [9.17, 15) is 13.2 Å². The smallest absolute Gasteiger partial charge is 0.328 e. The molecule has 0 aliphatic carbocycles. The molecule has 1 aromatic rings. The summed E-state index contributed by atoms with van der Waals surface area (Å²) in [5.74, 6) is 0.895. The molecule has 1 atom stereocenters. The highest BCUT2D eigenvalue weighted by Crippen LogP contribution is 2.32. The summed E-state index contributed by atoms with van der Waals surface area (Å²) in [4.78, 5) is 4.53. The second-order valence-electron chi connectivity index (χ2n) is 5.48. The maximum atomic E-state index is 12.6. The van der Waals surface area contributed by atoms with Gasteiger partial charge >= 0.3 is 6.18 Å². The van der Waals surface area contributed by atoms with Crippen LogP contribution in [0.25, 0.3) is 0 Å². The van der Waals surface area contributed by atoms with Crippen LogP contribution in [0.5, 0.6) is 0 Å². The summed E-state index contributed by atoms with van der Waals surface area (Å²) in [7, 11) is 0. The monoisotopic (exact) mass is 275 g/mol. The van der Waals surface area contributed by atoms with Crippen molar-refractivity contribution in [1.29, 1.82) is 0 Å². The maximum Gasteiger partial charge on any atom is 0.391 e. The van der Waals surface area contributed by atoms with Crippen molar-refractivity contribution in [3.8, 4) is 0 Å². The van der Waals surface area contributed by atoms with E-state index in [0.29, 0.717) is 6.54 Å². The molecule has 108 valence electrons. The van der Waals surface area contributed by atoms with Crippen molar-refractivity contribution < 1.29 is 13.2 Å². The molecule has 0 saturated carbocycles. The molecule has 19 heavy (non-hydrogen) atoms. The normalized spacial score (nSPS) is 17.6. The largest absolute Gasteiger partial charge is 0.391 e. The Balaban J connectivity index is 2.39. The third-order valence-electron chi connectivity index (χ3n) is 3.44. The minimum atomic E-state index is -4.14. The molecule has 1 aliphatic rings. The van der Waals surface area contributed by atoms with Crippen LogP contribution >= 0.6 is 0 Å². The van der Waals surface area contributed by atoms with Gasteiger partial charge in [0.1, 0.15) is 5.82 Å². The fourth-order valence-corrected chi connectivity index (χ4v) is 2.68. The second kappa shape index (κ2) is 5.15. The van der Waals surface area contributed by atoms with Gasteiger partial charge in [-0.25, -0.2) is 4.98 Å². The number of alkyl halides is 3. The Morgan fingerprint density at radius 3 is 2.58 bits per heavy atom. The van der Waals surface area contributed by atoms with Crippen LogP contribution in [-0.4, -0.2) is 22.3 Å². The number of imidazole rings is 1. The molecular weight excluding hydrogens is 255 g/mol. The molecular formula is C13H20F3N3. The summed E-state index contributed by atoms with van der Waals surface area (Å²) in [5.41, 5.74) is 1.88. The van der Waals surface area contributed by atoms with Crippen LogP contribution in [0.3, 0.4) is 0 Å². The quantitative estimate of drug-likeness (QED) is 0.918. The number of aromatic nitrogens is 2. The van der Waals surface area contributed by atoms with E-state index in [-0.39, 0.29) is 5.92 Å². The molecule has 0 amide bonds. The molecule has 2 rings (SSSR count). The molecule has 3 nitrogen and oxygen atoms in total. The van der Waals surface area contributed by atoms with Crippen molar-refractivity contribution in [3.63, 3.8) is 0 Å². The molecule has 1 N–H and O–H groups in total. The van der Waals surface area contributed by atoms with Gasteiger partial charge in [-0.15, -0.1) is 0 Å². The number of nitrogens with one attached hydrogen (secondary N) is 1. The van der Waals surface area contributed by atoms with Gasteiger partial charge in [0.15, 0.2) is 0 Å². The van der Waals surface area contributed by atoms with Crippen LogP contribution < -0.4 is 5.32 Å². The second-order valence-corrected chi connectivity index (χ2v) is 5.48. The van der Waals surface area contributed by atoms with Crippen molar-refractivity contribution in [2.24, 2.45) is 0 Å². The van der Waals surface area contributed by atoms with E-state index in [2.05, 4.69) is 10.3 Å². The summed E-state index contributed by atoms with van der Waals surface area (Å²) in [6.45, 7) is 7.02. The van der Waals surface area contributed by atoms with Crippen LogP contribution in [0.15, 0.2) is 0 Å². The minimum Gasteiger partial charge on any atom is -0.328 e. The zero-order chi connectivity index (χ0) is 14.2. The third-order valence-corrected chi connectivity index (χ3v) is 3.44. The highest BCUT2D eigenvalue weighted by Gasteiger charge is 2.33. The zero-order valence-electron chi connectivity index (χ0n) is 11.5. The van der Waals surface area contributed by atoms with Crippen molar-refractivity contribution in [3.05, 3.63) is 17.2 Å². The number of rotatable bonds is 3. The Bertz CT molecular complexity index is 449. The first kappa shape index (κ1) is 14.4. The molecule has 1 unspecified atom stereocenters. The molecule has 0 saturated heterocycles. The van der Waals surface area contributed by atoms with Gasteiger partial charge in [-0.1, -0.05) is 13.8 Å². The van der Waals surface area contributed by atoms with Gasteiger partial charge in [0.25, 0.3) is 0 Å². The van der Waals surface area contributed by atoms with Crippen molar-refractivity contribution in [2.45, 2.75) is 58.3 Å². The zero-order valence-corrected chi connectivity index (χ0v) is 11.5. The number of nitrogens with zero attached hydrogens (tertiary/aromatic N) is 2. The van der Waals surface area contributed by atoms with E-state index in [4.69, 9.17) is 0 Å². The first-order chi connectivity index (χ1) is 8.79. The van der Waals surface area contributed by atoms with E-state index >= 15 is 0 Å². The Kier molecular flexibility index (Phi) is 3.90. The van der Waals surface area contributed by atoms with Gasteiger partial charge in [0.05, 0.1) is 12.1 Å². The summed E-state index contributed by atoms with van der Waals surface area (Å²) >= 11 is 0. The summed E-state index contributed by atoms with van der Waals surface area (Å²) in [6, 6.07) is -0.591. The van der Waals surface area contributed by atoms with Crippen LogP contribution in [0.4, 0.5) is 13.2 Å². The van der Waals surface area contributed by atoms with Gasteiger partial charge in [-0.3, -0.25) is 0 Å². The highest BCUT2D eigenvalue weighted by atomic mass is 19.4. The van der Waals surface area contributed by atoms with E-state index in [1.54, 1.807) is 6.92 Å². The first-order valence-corrected chi connectivity index (χ1v) is 6.67. The molecule has 0 bridgehead atoms. The number of halogens is 3. The van der Waals surface area contributed by atoms with E-state index in [1.807, 2.05) is 18.4 Å². The van der Waals surface area contributed by atoms with E-state index < -0.39 is 18.6 Å². The molecule has 0 aromatic carbocycles. The number of hydrogen-bond donors (Lipinski definition) is 1. The standard InChI is InChI=1S/C13H20F3N3/c1-8(2)12-18-10-7-17-5-4-11(10)19(12)9(3)6-13(14,15)16/h8-9,17H,4-7H2,1-3H3. The maximum absolute atomic E-state index is 12.6. The lowest BCUT2D eigenvalue weighted by Gasteiger charge is -2.23. The Morgan fingerprint density at radius 2 is 2.00 bits per heavy atom. The fraction of sp³-hybridized carbons (Fsp3) is 0.769. The van der Waals surface area contributed by atoms with Crippen molar-refractivity contribution in [2.75, 3.05) is 6.54 Å². The van der Waals surface area contributed by atoms with Gasteiger partial charge in [-0.2, -0.15) is 13.2 Å². The lowest BCUT2D eigenvalue weighted by Crippen LogP contribution is -2.27. The topological polar surface area (TPSA) is 29.9 Å². The van der Waals surface area contributed by atoms with Gasteiger partial charge in [0, 0.05) is 37.2 Å². The van der Waals surface area contributed by atoms with Gasteiger partial charge in [-0.05, 0) is 6.92 Å². The predicted molar refractivity (Wildman–Crippen MR) is 67.1 cm³/mol. The molecule has 1 aliphatic heterocycles. The van der Waals surface area contributed by atoms with Crippen molar-refractivity contribution in [1.82, 2.24) is 14.9 Å². The molecule has 0 radical (unpaired) electrons. The van der Waals surface area contributed by atoms with E-state index in [0.717, 1.165) is 30.2 Å². The van der Waals surface area contributed by atoms with Crippen molar-refractivity contribution >= 4 is 0 Å². The van der Waals surface area contributed by atoms with Crippen LogP contribution in [0.1, 0.15) is 56.4 Å². The average molecular weight is 275 g/mol. The summed E-state index contributed by atoms with van der Waals surface area (Å²) in [6.07, 6.45) is -4.20. The first-order valence-electron chi connectivity index (χ1n) is 6.67. The number of hydrogen-bond acceptors (Lipinski definition) is 2. The Morgan fingerprint density at radius 1 is 1.32 bits per heavy atom.